The van der Waals surface area contributed by atoms with Crippen molar-refractivity contribution in [3.63, 3.8) is 0 Å². The molecule has 0 radical (unpaired) electrons. The van der Waals surface area contributed by atoms with Gasteiger partial charge in [0.1, 0.15) is 11.2 Å². The van der Waals surface area contributed by atoms with E-state index >= 15 is 0 Å². The largest absolute Gasteiger partial charge is 0.456 e. The molecule has 154 valence electrons. The Kier molecular flexibility index (Phi) is 3.50. The zero-order valence-corrected chi connectivity index (χ0v) is 17.7. The molecule has 0 spiro atoms. The van der Waals surface area contributed by atoms with Gasteiger partial charge in [0, 0.05) is 52.4 Å². The quantitative estimate of drug-likeness (QED) is 0.309. The highest BCUT2D eigenvalue weighted by molar-refractivity contribution is 6.17. The van der Waals surface area contributed by atoms with Gasteiger partial charge in [0.05, 0.1) is 17.7 Å². The summed E-state index contributed by atoms with van der Waals surface area (Å²) in [4.78, 5) is 4.44. The Morgan fingerprint density at radius 3 is 2.28 bits per heavy atom. The number of hydrogen-bond acceptors (Lipinski definition) is 3. The molecular formula is C28H21N3O. The van der Waals surface area contributed by atoms with Gasteiger partial charge in [-0.2, -0.15) is 0 Å². The topological polar surface area (TPSA) is 24.6 Å². The fourth-order valence-corrected chi connectivity index (χ4v) is 4.96. The molecule has 4 nitrogen and oxygen atoms in total. The van der Waals surface area contributed by atoms with Crippen molar-refractivity contribution in [1.29, 1.82) is 0 Å². The standard InChI is InChI=1S/C28H21N3O/c1-29-13-14-30(18-29)20-11-12-25-22(15-20)23-17-28-24(21-9-5-6-10-27(21)32-28)16-26(23)31(25)19-7-3-2-4-8-19/h2-17H,18H2,1H3. The molecule has 0 atom stereocenters. The molecule has 0 bridgehead atoms. The normalized spacial score (nSPS) is 14.0. The van der Waals surface area contributed by atoms with Crippen LogP contribution in [-0.4, -0.2) is 23.2 Å². The van der Waals surface area contributed by atoms with Crippen molar-refractivity contribution in [3.8, 4) is 5.69 Å². The van der Waals surface area contributed by atoms with Crippen molar-refractivity contribution < 1.29 is 4.42 Å². The lowest BCUT2D eigenvalue weighted by molar-refractivity contribution is 0.496. The Morgan fingerprint density at radius 1 is 0.625 bits per heavy atom. The fraction of sp³-hybridized carbons (Fsp3) is 0.0714. The van der Waals surface area contributed by atoms with E-state index in [1.807, 2.05) is 12.1 Å². The number of hydrogen-bond donors (Lipinski definition) is 0. The van der Waals surface area contributed by atoms with E-state index in [1.54, 1.807) is 0 Å². The van der Waals surface area contributed by atoms with E-state index in [9.17, 15) is 0 Å². The second-order valence-electron chi connectivity index (χ2n) is 8.50. The van der Waals surface area contributed by atoms with Crippen molar-refractivity contribution in [2.24, 2.45) is 0 Å². The molecule has 7 rings (SSSR count). The van der Waals surface area contributed by atoms with Crippen molar-refractivity contribution in [2.75, 3.05) is 18.6 Å². The maximum atomic E-state index is 6.23. The number of nitrogens with zero attached hydrogens (tertiary/aromatic N) is 3. The minimum Gasteiger partial charge on any atom is -0.456 e. The number of anilines is 1. The number of fused-ring (bicyclic) bond motifs is 6. The maximum absolute atomic E-state index is 6.23. The van der Waals surface area contributed by atoms with Gasteiger partial charge in [0.2, 0.25) is 0 Å². The molecule has 0 saturated heterocycles. The van der Waals surface area contributed by atoms with Gasteiger partial charge >= 0.3 is 0 Å². The molecule has 2 aromatic heterocycles. The predicted octanol–water partition coefficient (Wildman–Crippen LogP) is 6.86. The second kappa shape index (κ2) is 6.41. The summed E-state index contributed by atoms with van der Waals surface area (Å²) in [5, 5.41) is 4.73. The number of rotatable bonds is 2. The molecule has 3 heterocycles. The van der Waals surface area contributed by atoms with Gasteiger partial charge in [0.25, 0.3) is 0 Å². The monoisotopic (exact) mass is 415 g/mol. The summed E-state index contributed by atoms with van der Waals surface area (Å²) < 4.78 is 8.59. The van der Waals surface area contributed by atoms with E-state index in [4.69, 9.17) is 4.42 Å². The third-order valence-electron chi connectivity index (χ3n) is 6.47. The minimum absolute atomic E-state index is 0.858. The van der Waals surface area contributed by atoms with Crippen LogP contribution in [0, 0.1) is 0 Å². The van der Waals surface area contributed by atoms with Crippen LogP contribution in [0.3, 0.4) is 0 Å². The first-order chi connectivity index (χ1) is 15.8. The van der Waals surface area contributed by atoms with Gasteiger partial charge in [-0.25, -0.2) is 0 Å². The number of furan rings is 1. The van der Waals surface area contributed by atoms with Crippen molar-refractivity contribution in [2.45, 2.75) is 0 Å². The molecule has 4 heteroatoms. The van der Waals surface area contributed by atoms with Crippen molar-refractivity contribution in [3.05, 3.63) is 97.3 Å². The van der Waals surface area contributed by atoms with E-state index in [0.29, 0.717) is 0 Å². The predicted molar refractivity (Wildman–Crippen MR) is 132 cm³/mol. The molecule has 0 fully saturated rings. The highest BCUT2D eigenvalue weighted by atomic mass is 16.3. The maximum Gasteiger partial charge on any atom is 0.136 e. The first-order valence-electron chi connectivity index (χ1n) is 10.9. The molecule has 0 amide bonds. The van der Waals surface area contributed by atoms with Crippen LogP contribution in [0.15, 0.2) is 102 Å². The lowest BCUT2D eigenvalue weighted by atomic mass is 10.1. The van der Waals surface area contributed by atoms with Gasteiger partial charge in [-0.3, -0.25) is 0 Å². The molecule has 0 N–H and O–H groups in total. The van der Waals surface area contributed by atoms with Crippen LogP contribution in [-0.2, 0) is 0 Å². The number of para-hydroxylation sites is 2. The summed E-state index contributed by atoms with van der Waals surface area (Å²) in [7, 11) is 2.09. The van der Waals surface area contributed by atoms with Crippen molar-refractivity contribution in [1.82, 2.24) is 9.47 Å². The second-order valence-corrected chi connectivity index (χ2v) is 8.50. The van der Waals surface area contributed by atoms with Crippen LogP contribution in [0.1, 0.15) is 0 Å². The van der Waals surface area contributed by atoms with Crippen LogP contribution in [0.25, 0.3) is 49.4 Å². The lowest BCUT2D eigenvalue weighted by Crippen LogP contribution is -2.21. The van der Waals surface area contributed by atoms with Gasteiger partial charge < -0.3 is 18.8 Å². The molecule has 4 aromatic carbocycles. The Hall–Kier alpha value is -4.18. The molecule has 1 aliphatic heterocycles. The number of aromatic nitrogens is 1. The summed E-state index contributed by atoms with van der Waals surface area (Å²) in [6, 6.07) is 30.1. The molecule has 1 aliphatic rings. The first kappa shape index (κ1) is 17.5. The van der Waals surface area contributed by atoms with E-state index < -0.39 is 0 Å². The average Bonchev–Trinajstić information content (AvgIpc) is 3.51. The van der Waals surface area contributed by atoms with Crippen LogP contribution < -0.4 is 4.90 Å². The van der Waals surface area contributed by atoms with E-state index in [1.165, 1.54) is 27.5 Å². The lowest BCUT2D eigenvalue weighted by Gasteiger charge is -2.18. The summed E-state index contributed by atoms with van der Waals surface area (Å²) in [5.41, 5.74) is 6.59. The minimum atomic E-state index is 0.858. The third-order valence-corrected chi connectivity index (χ3v) is 6.47. The van der Waals surface area contributed by atoms with Gasteiger partial charge in [-0.15, -0.1) is 0 Å². The smallest absolute Gasteiger partial charge is 0.136 e. The Bertz CT molecular complexity index is 1670. The molecule has 6 aromatic rings. The molecule has 0 aliphatic carbocycles. The highest BCUT2D eigenvalue weighted by Gasteiger charge is 2.18. The SMILES string of the molecule is CN1C=CN(c2ccc3c(c2)c2cc4oc5ccccc5c4cc2n3-c2ccccc2)C1. The zero-order valence-electron chi connectivity index (χ0n) is 17.7. The van der Waals surface area contributed by atoms with Gasteiger partial charge in [0.15, 0.2) is 0 Å². The highest BCUT2D eigenvalue weighted by Crippen LogP contribution is 2.39. The number of benzene rings is 4. The summed E-state index contributed by atoms with van der Waals surface area (Å²) >= 11 is 0. The van der Waals surface area contributed by atoms with E-state index in [-0.39, 0.29) is 0 Å². The molecule has 0 saturated carbocycles. The Labute approximate surface area is 185 Å². The summed E-state index contributed by atoms with van der Waals surface area (Å²) in [5.74, 6) is 0. The van der Waals surface area contributed by atoms with Crippen LogP contribution >= 0.6 is 0 Å². The Balaban J connectivity index is 1.59. The molecule has 0 unspecified atom stereocenters. The molecular weight excluding hydrogens is 394 g/mol. The van der Waals surface area contributed by atoms with Crippen LogP contribution in [0.5, 0.6) is 0 Å². The third kappa shape index (κ3) is 2.44. The summed E-state index contributed by atoms with van der Waals surface area (Å²) in [6.07, 6.45) is 4.24. The van der Waals surface area contributed by atoms with Gasteiger partial charge in [-0.05, 0) is 48.5 Å². The Morgan fingerprint density at radius 2 is 1.44 bits per heavy atom. The van der Waals surface area contributed by atoms with Crippen LogP contribution in [0.4, 0.5) is 5.69 Å². The zero-order chi connectivity index (χ0) is 21.2. The van der Waals surface area contributed by atoms with Crippen LogP contribution in [0.2, 0.25) is 0 Å². The fourth-order valence-electron chi connectivity index (χ4n) is 4.96. The van der Waals surface area contributed by atoms with Crippen molar-refractivity contribution >= 4 is 49.4 Å². The first-order valence-corrected chi connectivity index (χ1v) is 10.9. The summed E-state index contributed by atoms with van der Waals surface area (Å²) in [6.45, 7) is 0.858. The molecule has 32 heavy (non-hydrogen) atoms. The van der Waals surface area contributed by atoms with Gasteiger partial charge in [-0.1, -0.05) is 36.4 Å². The average molecular weight is 415 g/mol. The van der Waals surface area contributed by atoms with E-state index in [2.05, 4.69) is 107 Å². The van der Waals surface area contributed by atoms with E-state index in [0.717, 1.165) is 34.3 Å².